The van der Waals surface area contributed by atoms with Gasteiger partial charge in [0, 0.05) is 29.6 Å². The van der Waals surface area contributed by atoms with Gasteiger partial charge in [0.1, 0.15) is 0 Å². The number of ether oxygens (including phenoxy) is 1. The molecule has 2 heterocycles. The fourth-order valence-electron chi connectivity index (χ4n) is 2.42. The molecule has 4 heteroatoms. The first-order chi connectivity index (χ1) is 8.75. The Labute approximate surface area is 110 Å². The Morgan fingerprint density at radius 1 is 1.44 bits per heavy atom. The highest BCUT2D eigenvalue weighted by Gasteiger charge is 2.23. The zero-order valence-corrected chi connectivity index (χ0v) is 10.7. The lowest BCUT2D eigenvalue weighted by Crippen LogP contribution is -2.19. The van der Waals surface area contributed by atoms with E-state index in [9.17, 15) is 4.79 Å². The molecule has 0 aliphatic carbocycles. The summed E-state index contributed by atoms with van der Waals surface area (Å²) in [6, 6.07) is 7.86. The number of carbonyl (C=O) groups is 1. The first kappa shape index (κ1) is 11.8. The van der Waals surface area contributed by atoms with Crippen molar-refractivity contribution in [3.8, 4) is 0 Å². The Hall–Kier alpha value is -1.32. The second-order valence-corrected chi connectivity index (χ2v) is 5.06. The van der Waals surface area contributed by atoms with E-state index >= 15 is 0 Å². The number of hydrogen-bond acceptors (Lipinski definition) is 2. The molecule has 1 aromatic heterocycles. The molecule has 94 valence electrons. The molecule has 0 radical (unpaired) electrons. The molecular formula is C14H14ClNO2. The van der Waals surface area contributed by atoms with Crippen molar-refractivity contribution in [2.24, 2.45) is 5.92 Å². The SMILES string of the molecule is O=C(Cn1cc(Cl)c2ccccc21)C1CCOC1. The molecule has 0 spiro atoms. The lowest BCUT2D eigenvalue weighted by atomic mass is 10.0. The lowest BCUT2D eigenvalue weighted by Gasteiger charge is -2.08. The van der Waals surface area contributed by atoms with E-state index in [1.54, 1.807) is 0 Å². The normalized spacial score (nSPS) is 19.5. The number of nitrogens with zero attached hydrogens (tertiary/aromatic N) is 1. The number of carbonyl (C=O) groups excluding carboxylic acids is 1. The average Bonchev–Trinajstić information content (AvgIpc) is 3.00. The fourth-order valence-corrected chi connectivity index (χ4v) is 2.70. The molecule has 3 nitrogen and oxygen atoms in total. The van der Waals surface area contributed by atoms with Gasteiger partial charge in [-0.1, -0.05) is 29.8 Å². The third kappa shape index (κ3) is 2.04. The number of Topliss-reactive ketones (excluding diaryl/α,β-unsaturated/α-hetero) is 1. The summed E-state index contributed by atoms with van der Waals surface area (Å²) in [4.78, 5) is 12.1. The van der Waals surface area contributed by atoms with Gasteiger partial charge in [0.2, 0.25) is 0 Å². The Morgan fingerprint density at radius 3 is 3.06 bits per heavy atom. The van der Waals surface area contributed by atoms with Gasteiger partial charge in [0.15, 0.2) is 5.78 Å². The number of fused-ring (bicyclic) bond motifs is 1. The molecule has 18 heavy (non-hydrogen) atoms. The van der Waals surface area contributed by atoms with Crippen molar-refractivity contribution in [1.29, 1.82) is 0 Å². The predicted octanol–water partition coefficient (Wildman–Crippen LogP) is 2.90. The first-order valence-corrected chi connectivity index (χ1v) is 6.47. The molecule has 1 aliphatic heterocycles. The maximum Gasteiger partial charge on any atom is 0.157 e. The highest BCUT2D eigenvalue weighted by Crippen LogP contribution is 2.26. The largest absolute Gasteiger partial charge is 0.381 e. The van der Waals surface area contributed by atoms with Crippen molar-refractivity contribution >= 4 is 28.3 Å². The summed E-state index contributed by atoms with van der Waals surface area (Å²) in [7, 11) is 0. The van der Waals surface area contributed by atoms with Crippen LogP contribution in [0.5, 0.6) is 0 Å². The third-order valence-electron chi connectivity index (χ3n) is 3.45. The van der Waals surface area contributed by atoms with E-state index in [1.807, 2.05) is 35.0 Å². The van der Waals surface area contributed by atoms with E-state index in [-0.39, 0.29) is 11.7 Å². The number of benzene rings is 1. The molecule has 1 aliphatic rings. The van der Waals surface area contributed by atoms with Gasteiger partial charge in [0.25, 0.3) is 0 Å². The summed E-state index contributed by atoms with van der Waals surface area (Å²) in [6.45, 7) is 1.64. The van der Waals surface area contributed by atoms with Crippen LogP contribution in [0.1, 0.15) is 6.42 Å². The quantitative estimate of drug-likeness (QED) is 0.853. The van der Waals surface area contributed by atoms with Gasteiger partial charge < -0.3 is 9.30 Å². The Bertz CT molecular complexity index is 584. The van der Waals surface area contributed by atoms with E-state index in [1.165, 1.54) is 0 Å². The standard InChI is InChI=1S/C14H14ClNO2/c15-12-7-16(13-4-2-1-3-11(12)13)8-14(17)10-5-6-18-9-10/h1-4,7,10H,5-6,8-9H2. The van der Waals surface area contributed by atoms with E-state index in [4.69, 9.17) is 16.3 Å². The van der Waals surface area contributed by atoms with Gasteiger partial charge in [0.05, 0.1) is 18.2 Å². The van der Waals surface area contributed by atoms with Gasteiger partial charge >= 0.3 is 0 Å². The minimum absolute atomic E-state index is 0.0462. The van der Waals surface area contributed by atoms with Crippen LogP contribution in [0.15, 0.2) is 30.5 Å². The van der Waals surface area contributed by atoms with E-state index in [2.05, 4.69) is 0 Å². The fraction of sp³-hybridized carbons (Fsp3) is 0.357. The van der Waals surface area contributed by atoms with Crippen molar-refractivity contribution in [2.45, 2.75) is 13.0 Å². The Balaban J connectivity index is 1.88. The van der Waals surface area contributed by atoms with Crippen LogP contribution in [0.25, 0.3) is 10.9 Å². The highest BCUT2D eigenvalue weighted by molar-refractivity contribution is 6.35. The summed E-state index contributed by atoms with van der Waals surface area (Å²) in [5.41, 5.74) is 1.01. The number of aromatic nitrogens is 1. The van der Waals surface area contributed by atoms with Crippen LogP contribution < -0.4 is 0 Å². The molecule has 1 atom stereocenters. The number of para-hydroxylation sites is 1. The molecule has 2 aromatic rings. The van der Waals surface area contributed by atoms with Crippen molar-refractivity contribution in [1.82, 2.24) is 4.57 Å². The molecule has 0 N–H and O–H groups in total. The third-order valence-corrected chi connectivity index (χ3v) is 3.75. The van der Waals surface area contributed by atoms with Crippen molar-refractivity contribution in [3.63, 3.8) is 0 Å². The van der Waals surface area contributed by atoms with Gasteiger partial charge in [-0.2, -0.15) is 0 Å². The summed E-state index contributed by atoms with van der Waals surface area (Å²) < 4.78 is 7.18. The van der Waals surface area contributed by atoms with Crippen LogP contribution in [-0.4, -0.2) is 23.6 Å². The van der Waals surface area contributed by atoms with Gasteiger partial charge in [-0.05, 0) is 12.5 Å². The summed E-state index contributed by atoms with van der Waals surface area (Å²) in [6.07, 6.45) is 2.67. The molecule has 1 aromatic carbocycles. The summed E-state index contributed by atoms with van der Waals surface area (Å²) in [5.74, 6) is 0.273. The molecule has 1 fully saturated rings. The monoisotopic (exact) mass is 263 g/mol. The van der Waals surface area contributed by atoms with Crippen LogP contribution in [0.2, 0.25) is 5.02 Å². The molecule has 1 unspecified atom stereocenters. The van der Waals surface area contributed by atoms with E-state index in [0.29, 0.717) is 24.8 Å². The molecule has 1 saturated heterocycles. The maximum absolute atomic E-state index is 12.1. The van der Waals surface area contributed by atoms with Gasteiger partial charge in [-0.15, -0.1) is 0 Å². The van der Waals surface area contributed by atoms with E-state index in [0.717, 1.165) is 17.3 Å². The second-order valence-electron chi connectivity index (χ2n) is 4.65. The average molecular weight is 264 g/mol. The minimum Gasteiger partial charge on any atom is -0.381 e. The van der Waals surface area contributed by atoms with Crippen LogP contribution in [0.3, 0.4) is 0 Å². The zero-order valence-electron chi connectivity index (χ0n) is 9.93. The van der Waals surface area contributed by atoms with Crippen LogP contribution in [0.4, 0.5) is 0 Å². The smallest absolute Gasteiger partial charge is 0.157 e. The number of ketones is 1. The highest BCUT2D eigenvalue weighted by atomic mass is 35.5. The number of halogens is 1. The van der Waals surface area contributed by atoms with Crippen molar-refractivity contribution in [3.05, 3.63) is 35.5 Å². The molecule has 0 amide bonds. The number of hydrogen-bond donors (Lipinski definition) is 0. The topological polar surface area (TPSA) is 31.2 Å². The zero-order chi connectivity index (χ0) is 12.5. The molecule has 0 bridgehead atoms. The van der Waals surface area contributed by atoms with Gasteiger partial charge in [-0.3, -0.25) is 4.79 Å². The van der Waals surface area contributed by atoms with Crippen molar-refractivity contribution < 1.29 is 9.53 Å². The van der Waals surface area contributed by atoms with Crippen LogP contribution in [0, 0.1) is 5.92 Å². The van der Waals surface area contributed by atoms with Crippen molar-refractivity contribution in [2.75, 3.05) is 13.2 Å². The first-order valence-electron chi connectivity index (χ1n) is 6.09. The summed E-state index contributed by atoms with van der Waals surface area (Å²) >= 11 is 6.16. The lowest BCUT2D eigenvalue weighted by molar-refractivity contribution is -0.123. The molecule has 0 saturated carbocycles. The van der Waals surface area contributed by atoms with Crippen LogP contribution >= 0.6 is 11.6 Å². The summed E-state index contributed by atoms with van der Waals surface area (Å²) in [5, 5.41) is 1.69. The minimum atomic E-state index is 0.0462. The van der Waals surface area contributed by atoms with E-state index < -0.39 is 0 Å². The predicted molar refractivity (Wildman–Crippen MR) is 70.9 cm³/mol. The maximum atomic E-state index is 12.1. The Kier molecular flexibility index (Phi) is 3.10. The van der Waals surface area contributed by atoms with Gasteiger partial charge in [-0.25, -0.2) is 0 Å². The van der Waals surface area contributed by atoms with Crippen LogP contribution in [-0.2, 0) is 16.1 Å². The molecule has 3 rings (SSSR count). The number of rotatable bonds is 3. The molecular weight excluding hydrogens is 250 g/mol. The second kappa shape index (κ2) is 4.75. The Morgan fingerprint density at radius 2 is 2.28 bits per heavy atom.